The molecule has 0 aromatic heterocycles. The molecule has 0 bridgehead atoms. The third-order valence-corrected chi connectivity index (χ3v) is 3.69. The average Bonchev–Trinajstić information content (AvgIpc) is 2.59. The van der Waals surface area contributed by atoms with Crippen molar-refractivity contribution in [2.24, 2.45) is 5.92 Å². The molecule has 2 amide bonds. The average molecular weight is 255 g/mol. The van der Waals surface area contributed by atoms with Crippen molar-refractivity contribution in [1.29, 1.82) is 0 Å². The van der Waals surface area contributed by atoms with Gasteiger partial charge in [-0.25, -0.2) is 5.43 Å². The fraction of sp³-hybridized carbons (Fsp3) is 0.833. The molecule has 102 valence electrons. The molecule has 6 heteroatoms. The summed E-state index contributed by atoms with van der Waals surface area (Å²) in [6, 6.07) is 0.276. The minimum absolute atomic E-state index is 0.153. The highest BCUT2D eigenvalue weighted by Crippen LogP contribution is 2.17. The maximum atomic E-state index is 11.8. The Balaban J connectivity index is 1.78. The maximum absolute atomic E-state index is 11.8. The van der Waals surface area contributed by atoms with Crippen molar-refractivity contribution in [1.82, 2.24) is 16.2 Å². The molecule has 2 atom stereocenters. The first kappa shape index (κ1) is 13.3. The summed E-state index contributed by atoms with van der Waals surface area (Å²) < 4.78 is 0. The zero-order valence-electron chi connectivity index (χ0n) is 10.4. The second-order valence-electron chi connectivity index (χ2n) is 5.11. The largest absolute Gasteiger partial charge is 0.390 e. The fourth-order valence-corrected chi connectivity index (χ4v) is 2.58. The first-order chi connectivity index (χ1) is 8.68. The molecule has 1 aliphatic heterocycles. The van der Waals surface area contributed by atoms with E-state index in [1.165, 1.54) is 25.7 Å². The van der Waals surface area contributed by atoms with Crippen LogP contribution in [0.5, 0.6) is 0 Å². The number of amides is 2. The second kappa shape index (κ2) is 6.15. The first-order valence-corrected chi connectivity index (χ1v) is 6.69. The third kappa shape index (κ3) is 3.20. The number of hydrogen-bond donors (Lipinski definition) is 4. The Morgan fingerprint density at radius 1 is 1.22 bits per heavy atom. The zero-order chi connectivity index (χ0) is 13.0. The molecule has 18 heavy (non-hydrogen) atoms. The molecule has 2 unspecified atom stereocenters. The number of aliphatic hydroxyl groups is 1. The fourth-order valence-electron chi connectivity index (χ4n) is 2.58. The SMILES string of the molecule is O=C1NCC(O)C1C(=O)NNC1CCCCCC1. The number of carbonyl (C=O) groups excluding carboxylic acids is 2. The predicted octanol–water partition coefficient (Wildman–Crippen LogP) is -0.563. The summed E-state index contributed by atoms with van der Waals surface area (Å²) in [4.78, 5) is 23.2. The summed E-state index contributed by atoms with van der Waals surface area (Å²) in [5.74, 6) is -1.83. The molecule has 0 radical (unpaired) electrons. The van der Waals surface area contributed by atoms with Gasteiger partial charge in [0.05, 0.1) is 6.10 Å². The summed E-state index contributed by atoms with van der Waals surface area (Å²) in [5, 5.41) is 12.0. The lowest BCUT2D eigenvalue weighted by Crippen LogP contribution is -2.49. The van der Waals surface area contributed by atoms with Crippen LogP contribution in [0.3, 0.4) is 0 Å². The van der Waals surface area contributed by atoms with E-state index in [4.69, 9.17) is 0 Å². The molecule has 4 N–H and O–H groups in total. The van der Waals surface area contributed by atoms with Crippen molar-refractivity contribution < 1.29 is 14.7 Å². The van der Waals surface area contributed by atoms with Crippen LogP contribution in [0.2, 0.25) is 0 Å². The van der Waals surface area contributed by atoms with E-state index in [1.54, 1.807) is 0 Å². The van der Waals surface area contributed by atoms with Crippen LogP contribution in [0.4, 0.5) is 0 Å². The van der Waals surface area contributed by atoms with Gasteiger partial charge in [-0.2, -0.15) is 0 Å². The van der Waals surface area contributed by atoms with E-state index < -0.39 is 23.8 Å². The molecular formula is C12H21N3O3. The molecule has 6 nitrogen and oxygen atoms in total. The number of hydrogen-bond acceptors (Lipinski definition) is 4. The number of aliphatic hydroxyl groups excluding tert-OH is 1. The molecule has 2 aliphatic rings. The van der Waals surface area contributed by atoms with Gasteiger partial charge in [-0.1, -0.05) is 25.7 Å². The van der Waals surface area contributed by atoms with Crippen LogP contribution >= 0.6 is 0 Å². The Labute approximate surface area is 106 Å². The summed E-state index contributed by atoms with van der Waals surface area (Å²) in [6.45, 7) is 0.153. The van der Waals surface area contributed by atoms with Crippen LogP contribution < -0.4 is 16.2 Å². The third-order valence-electron chi connectivity index (χ3n) is 3.69. The molecule has 1 aliphatic carbocycles. The molecular weight excluding hydrogens is 234 g/mol. The Morgan fingerprint density at radius 3 is 2.44 bits per heavy atom. The standard InChI is InChI=1S/C12H21N3O3/c16-9-7-13-11(17)10(9)12(18)15-14-8-5-3-1-2-4-6-8/h8-10,14,16H,1-7H2,(H,13,17)(H,15,18). The Bertz CT molecular complexity index is 314. The van der Waals surface area contributed by atoms with Gasteiger partial charge >= 0.3 is 0 Å². The van der Waals surface area contributed by atoms with Gasteiger partial charge in [0, 0.05) is 12.6 Å². The van der Waals surface area contributed by atoms with Crippen LogP contribution in [0.25, 0.3) is 0 Å². The monoisotopic (exact) mass is 255 g/mol. The maximum Gasteiger partial charge on any atom is 0.249 e. The Kier molecular flexibility index (Phi) is 4.54. The van der Waals surface area contributed by atoms with E-state index in [0.717, 1.165) is 12.8 Å². The minimum Gasteiger partial charge on any atom is -0.390 e. The zero-order valence-corrected chi connectivity index (χ0v) is 10.4. The van der Waals surface area contributed by atoms with E-state index in [0.29, 0.717) is 0 Å². The van der Waals surface area contributed by atoms with Gasteiger partial charge in [0.2, 0.25) is 11.8 Å². The smallest absolute Gasteiger partial charge is 0.249 e. The van der Waals surface area contributed by atoms with Gasteiger partial charge in [0.15, 0.2) is 0 Å². The van der Waals surface area contributed by atoms with E-state index >= 15 is 0 Å². The summed E-state index contributed by atoms with van der Waals surface area (Å²) >= 11 is 0. The van der Waals surface area contributed by atoms with Gasteiger partial charge in [-0.05, 0) is 12.8 Å². The van der Waals surface area contributed by atoms with Gasteiger partial charge in [-0.3, -0.25) is 15.0 Å². The highest BCUT2D eigenvalue weighted by molar-refractivity contribution is 6.02. The van der Waals surface area contributed by atoms with Crippen LogP contribution in [-0.4, -0.2) is 35.6 Å². The van der Waals surface area contributed by atoms with Crippen molar-refractivity contribution >= 4 is 11.8 Å². The van der Waals surface area contributed by atoms with E-state index in [2.05, 4.69) is 16.2 Å². The molecule has 0 spiro atoms. The molecule has 1 saturated carbocycles. The molecule has 2 rings (SSSR count). The molecule has 2 fully saturated rings. The summed E-state index contributed by atoms with van der Waals surface area (Å²) in [6.07, 6.45) is 5.99. The topological polar surface area (TPSA) is 90.5 Å². The summed E-state index contributed by atoms with van der Waals surface area (Å²) in [7, 11) is 0. The van der Waals surface area contributed by atoms with Gasteiger partial charge in [-0.15, -0.1) is 0 Å². The quantitative estimate of drug-likeness (QED) is 0.309. The number of rotatable bonds is 3. The van der Waals surface area contributed by atoms with Crippen LogP contribution in [-0.2, 0) is 9.59 Å². The molecule has 1 saturated heterocycles. The molecule has 1 heterocycles. The molecule has 0 aromatic rings. The number of hydrazine groups is 1. The number of carbonyl (C=O) groups is 2. The number of β-amino-alcohol motifs (C(OH)–C–C–N with tert-alkyl or cyclic N) is 1. The van der Waals surface area contributed by atoms with Gasteiger partial charge in [0.1, 0.15) is 5.92 Å². The van der Waals surface area contributed by atoms with Crippen molar-refractivity contribution in [3.63, 3.8) is 0 Å². The van der Waals surface area contributed by atoms with Gasteiger partial charge < -0.3 is 10.4 Å². The molecule has 0 aromatic carbocycles. The lowest BCUT2D eigenvalue weighted by atomic mass is 10.1. The highest BCUT2D eigenvalue weighted by atomic mass is 16.3. The lowest BCUT2D eigenvalue weighted by Gasteiger charge is -2.19. The second-order valence-corrected chi connectivity index (χ2v) is 5.11. The van der Waals surface area contributed by atoms with Crippen molar-refractivity contribution in [2.45, 2.75) is 50.7 Å². The van der Waals surface area contributed by atoms with Crippen molar-refractivity contribution in [3.8, 4) is 0 Å². The highest BCUT2D eigenvalue weighted by Gasteiger charge is 2.39. The minimum atomic E-state index is -0.983. The van der Waals surface area contributed by atoms with E-state index in [-0.39, 0.29) is 12.6 Å². The summed E-state index contributed by atoms with van der Waals surface area (Å²) in [5.41, 5.74) is 5.56. The van der Waals surface area contributed by atoms with E-state index in [9.17, 15) is 14.7 Å². The van der Waals surface area contributed by atoms with Crippen LogP contribution in [0.1, 0.15) is 38.5 Å². The van der Waals surface area contributed by atoms with E-state index in [1.807, 2.05) is 0 Å². The predicted molar refractivity (Wildman–Crippen MR) is 65.3 cm³/mol. The Hall–Kier alpha value is -1.14. The number of nitrogens with one attached hydrogen (secondary N) is 3. The van der Waals surface area contributed by atoms with Crippen LogP contribution in [0, 0.1) is 5.92 Å². The van der Waals surface area contributed by atoms with Gasteiger partial charge in [0.25, 0.3) is 0 Å². The van der Waals surface area contributed by atoms with Crippen LogP contribution in [0.15, 0.2) is 0 Å². The van der Waals surface area contributed by atoms with Crippen molar-refractivity contribution in [2.75, 3.05) is 6.54 Å². The van der Waals surface area contributed by atoms with Crippen molar-refractivity contribution in [3.05, 3.63) is 0 Å². The first-order valence-electron chi connectivity index (χ1n) is 6.69. The lowest BCUT2D eigenvalue weighted by molar-refractivity contribution is -0.136. The normalized spacial score (nSPS) is 29.7. The Morgan fingerprint density at radius 2 is 1.89 bits per heavy atom.